The van der Waals surface area contributed by atoms with Crippen LogP contribution in [0.25, 0.3) is 11.4 Å². The summed E-state index contributed by atoms with van der Waals surface area (Å²) in [6.45, 7) is 3.10. The number of halogens is 1. The maximum absolute atomic E-state index is 14.4. The Labute approximate surface area is 146 Å². The standard InChI is InChI=1S/C20H20FN3O/c1-2-24-19(20(21)12-13-20)22-18(23-24)16-8-10-17(11-9-16)25-14-15-6-4-3-5-7-15/h3-11H,2,12-14H2,1H3. The monoisotopic (exact) mass is 337 g/mol. The van der Waals surface area contributed by atoms with Gasteiger partial charge in [0.25, 0.3) is 0 Å². The lowest BCUT2D eigenvalue weighted by molar-refractivity contribution is 0.286. The van der Waals surface area contributed by atoms with Crippen LogP contribution in [0.1, 0.15) is 31.2 Å². The first-order chi connectivity index (χ1) is 12.2. The van der Waals surface area contributed by atoms with Gasteiger partial charge in [-0.25, -0.2) is 14.1 Å². The van der Waals surface area contributed by atoms with E-state index in [9.17, 15) is 4.39 Å². The Morgan fingerprint density at radius 3 is 2.44 bits per heavy atom. The average Bonchev–Trinajstić information content (AvgIpc) is 3.25. The summed E-state index contributed by atoms with van der Waals surface area (Å²) in [5.41, 5.74) is 0.710. The second-order valence-electron chi connectivity index (χ2n) is 6.34. The largest absolute Gasteiger partial charge is 0.489 e. The van der Waals surface area contributed by atoms with Crippen molar-refractivity contribution in [3.63, 3.8) is 0 Å². The quantitative estimate of drug-likeness (QED) is 0.665. The van der Waals surface area contributed by atoms with Crippen LogP contribution in [0.3, 0.4) is 0 Å². The summed E-state index contributed by atoms with van der Waals surface area (Å²) in [5, 5.41) is 4.45. The third-order valence-electron chi connectivity index (χ3n) is 4.42. The van der Waals surface area contributed by atoms with Crippen LogP contribution in [0.5, 0.6) is 5.75 Å². The van der Waals surface area contributed by atoms with Crippen molar-refractivity contribution in [2.24, 2.45) is 0 Å². The number of aromatic nitrogens is 3. The van der Waals surface area contributed by atoms with Gasteiger partial charge < -0.3 is 4.74 Å². The molecule has 0 spiro atoms. The van der Waals surface area contributed by atoms with E-state index in [1.54, 1.807) is 4.68 Å². The van der Waals surface area contributed by atoms with Crippen LogP contribution < -0.4 is 4.74 Å². The second-order valence-corrected chi connectivity index (χ2v) is 6.34. The summed E-state index contributed by atoms with van der Waals surface area (Å²) in [4.78, 5) is 4.44. The SMILES string of the molecule is CCn1nc(-c2ccc(OCc3ccccc3)cc2)nc1C1(F)CC1. The predicted molar refractivity (Wildman–Crippen MR) is 93.9 cm³/mol. The molecule has 0 unspecified atom stereocenters. The molecule has 5 heteroatoms. The van der Waals surface area contributed by atoms with Crippen molar-refractivity contribution in [3.8, 4) is 17.1 Å². The Balaban J connectivity index is 1.49. The van der Waals surface area contributed by atoms with Crippen LogP contribution in [0.15, 0.2) is 54.6 Å². The van der Waals surface area contributed by atoms with Crippen molar-refractivity contribution in [1.82, 2.24) is 14.8 Å². The molecule has 0 amide bonds. The van der Waals surface area contributed by atoms with Gasteiger partial charge in [-0.15, -0.1) is 0 Å². The van der Waals surface area contributed by atoms with E-state index >= 15 is 0 Å². The average molecular weight is 337 g/mol. The highest BCUT2D eigenvalue weighted by molar-refractivity contribution is 5.56. The number of alkyl halides is 1. The molecule has 0 N–H and O–H groups in total. The summed E-state index contributed by atoms with van der Waals surface area (Å²) in [7, 11) is 0. The molecule has 0 aliphatic heterocycles. The van der Waals surface area contributed by atoms with Gasteiger partial charge in [-0.2, -0.15) is 5.10 Å². The minimum atomic E-state index is -1.28. The molecule has 2 aromatic carbocycles. The first-order valence-electron chi connectivity index (χ1n) is 8.59. The van der Waals surface area contributed by atoms with Gasteiger partial charge in [-0.1, -0.05) is 30.3 Å². The molecule has 3 aromatic rings. The molecule has 1 aliphatic carbocycles. The maximum Gasteiger partial charge on any atom is 0.181 e. The Bertz CT molecular complexity index is 854. The zero-order valence-electron chi connectivity index (χ0n) is 14.2. The summed E-state index contributed by atoms with van der Waals surface area (Å²) in [6.07, 6.45) is 1.08. The lowest BCUT2D eigenvalue weighted by atomic mass is 10.2. The van der Waals surface area contributed by atoms with Gasteiger partial charge in [-0.05, 0) is 49.6 Å². The summed E-state index contributed by atoms with van der Waals surface area (Å²) in [6, 6.07) is 17.6. The van der Waals surface area contributed by atoms with E-state index < -0.39 is 5.67 Å². The molecule has 1 heterocycles. The zero-order valence-corrected chi connectivity index (χ0v) is 14.2. The van der Waals surface area contributed by atoms with Crippen LogP contribution in [0, 0.1) is 0 Å². The molecule has 0 saturated heterocycles. The van der Waals surface area contributed by atoms with Crippen LogP contribution in [-0.2, 0) is 18.8 Å². The molecule has 0 atom stereocenters. The fourth-order valence-corrected chi connectivity index (χ4v) is 2.79. The summed E-state index contributed by atoms with van der Waals surface area (Å²) in [5.74, 6) is 1.80. The smallest absolute Gasteiger partial charge is 0.181 e. The van der Waals surface area contributed by atoms with E-state index in [-0.39, 0.29) is 0 Å². The molecule has 4 nitrogen and oxygen atoms in total. The van der Waals surface area contributed by atoms with Gasteiger partial charge in [0.15, 0.2) is 17.3 Å². The van der Waals surface area contributed by atoms with Crippen molar-refractivity contribution in [2.45, 2.75) is 38.6 Å². The van der Waals surface area contributed by atoms with Gasteiger partial charge in [0.05, 0.1) is 0 Å². The first kappa shape index (κ1) is 15.8. The molecule has 1 fully saturated rings. The maximum atomic E-state index is 14.4. The molecular weight excluding hydrogens is 317 g/mol. The Morgan fingerprint density at radius 1 is 1.08 bits per heavy atom. The van der Waals surface area contributed by atoms with Crippen LogP contribution in [-0.4, -0.2) is 14.8 Å². The number of ether oxygens (including phenoxy) is 1. The minimum absolute atomic E-state index is 0.453. The van der Waals surface area contributed by atoms with Gasteiger partial charge in [0.1, 0.15) is 12.4 Å². The number of nitrogens with zero attached hydrogens (tertiary/aromatic N) is 3. The summed E-state index contributed by atoms with van der Waals surface area (Å²) < 4.78 is 21.9. The van der Waals surface area contributed by atoms with Crippen molar-refractivity contribution < 1.29 is 9.13 Å². The number of aryl methyl sites for hydroxylation is 1. The summed E-state index contributed by atoms with van der Waals surface area (Å²) >= 11 is 0. The number of hydrogen-bond acceptors (Lipinski definition) is 3. The van der Waals surface area contributed by atoms with Crippen molar-refractivity contribution in [1.29, 1.82) is 0 Å². The molecular formula is C20H20FN3O. The highest BCUT2D eigenvalue weighted by Crippen LogP contribution is 2.49. The lowest BCUT2D eigenvalue weighted by Crippen LogP contribution is -2.10. The van der Waals surface area contributed by atoms with E-state index in [4.69, 9.17) is 4.74 Å². The normalized spacial score (nSPS) is 15.1. The Kier molecular flexibility index (Phi) is 3.99. The molecule has 4 rings (SSSR count). The van der Waals surface area contributed by atoms with Gasteiger partial charge in [-0.3, -0.25) is 0 Å². The molecule has 128 valence electrons. The molecule has 1 aliphatic rings. The molecule has 0 radical (unpaired) electrons. The topological polar surface area (TPSA) is 39.9 Å². The van der Waals surface area contributed by atoms with E-state index in [0.717, 1.165) is 16.9 Å². The van der Waals surface area contributed by atoms with E-state index in [0.29, 0.717) is 37.6 Å². The molecule has 1 saturated carbocycles. The molecule has 1 aromatic heterocycles. The van der Waals surface area contributed by atoms with Crippen molar-refractivity contribution in [3.05, 3.63) is 66.0 Å². The molecule has 0 bridgehead atoms. The van der Waals surface area contributed by atoms with Gasteiger partial charge >= 0.3 is 0 Å². The number of benzene rings is 2. The minimum Gasteiger partial charge on any atom is -0.489 e. The fourth-order valence-electron chi connectivity index (χ4n) is 2.79. The number of rotatable bonds is 6. The van der Waals surface area contributed by atoms with Gasteiger partial charge in [0, 0.05) is 12.1 Å². The highest BCUT2D eigenvalue weighted by Gasteiger charge is 2.49. The Hall–Kier alpha value is -2.69. The van der Waals surface area contributed by atoms with Gasteiger partial charge in [0.2, 0.25) is 0 Å². The highest BCUT2D eigenvalue weighted by atomic mass is 19.1. The van der Waals surface area contributed by atoms with Crippen LogP contribution >= 0.6 is 0 Å². The molecule has 25 heavy (non-hydrogen) atoms. The Morgan fingerprint density at radius 2 is 1.80 bits per heavy atom. The van der Waals surface area contributed by atoms with E-state index in [1.807, 2.05) is 61.5 Å². The van der Waals surface area contributed by atoms with Crippen molar-refractivity contribution >= 4 is 0 Å². The van der Waals surface area contributed by atoms with E-state index in [1.165, 1.54) is 0 Å². The van der Waals surface area contributed by atoms with E-state index in [2.05, 4.69) is 10.1 Å². The fraction of sp³-hybridized carbons (Fsp3) is 0.300. The number of hydrogen-bond donors (Lipinski definition) is 0. The predicted octanol–water partition coefficient (Wildman–Crippen LogP) is 4.50. The van der Waals surface area contributed by atoms with Crippen LogP contribution in [0.4, 0.5) is 4.39 Å². The zero-order chi connectivity index (χ0) is 17.3. The third kappa shape index (κ3) is 3.27. The van der Waals surface area contributed by atoms with Crippen molar-refractivity contribution in [2.75, 3.05) is 0 Å². The lowest BCUT2D eigenvalue weighted by Gasteiger charge is -2.06. The third-order valence-corrected chi connectivity index (χ3v) is 4.42. The van der Waals surface area contributed by atoms with Crippen LogP contribution in [0.2, 0.25) is 0 Å². The second kappa shape index (κ2) is 6.31. The first-order valence-corrected chi connectivity index (χ1v) is 8.59.